The van der Waals surface area contributed by atoms with Gasteiger partial charge in [-0.25, -0.2) is 0 Å². The molecule has 0 unspecified atom stereocenters. The van der Waals surface area contributed by atoms with Gasteiger partial charge in [0, 0.05) is 10.6 Å². The van der Waals surface area contributed by atoms with Crippen LogP contribution >= 0.6 is 11.6 Å². The van der Waals surface area contributed by atoms with Gasteiger partial charge in [0.15, 0.2) is 0 Å². The molecule has 1 fully saturated rings. The van der Waals surface area contributed by atoms with Crippen molar-refractivity contribution in [1.82, 2.24) is 0 Å². The molecule has 170 valence electrons. The molecule has 8 nitrogen and oxygen atoms in total. The molecular weight excluding hydrogens is 428 g/mol. The number of methoxy groups -OCH3 is 1. The molecule has 1 heterocycles. The van der Waals surface area contributed by atoms with Gasteiger partial charge in [-0.2, -0.15) is 0 Å². The highest BCUT2D eigenvalue weighted by molar-refractivity contribution is 6.31. The van der Waals surface area contributed by atoms with Crippen molar-refractivity contribution in [3.8, 4) is 5.75 Å². The second-order valence-electron chi connectivity index (χ2n) is 7.73. The number of hydrogen-bond donors (Lipinski definition) is 6. The van der Waals surface area contributed by atoms with Crippen molar-refractivity contribution in [2.45, 2.75) is 56.3 Å². The first-order valence-electron chi connectivity index (χ1n) is 9.80. The fourth-order valence-electron chi connectivity index (χ4n) is 3.80. The van der Waals surface area contributed by atoms with E-state index in [1.165, 1.54) is 19.1 Å². The third kappa shape index (κ3) is 4.57. The molecule has 9 heteroatoms. The summed E-state index contributed by atoms with van der Waals surface area (Å²) in [4.78, 5) is 0. The van der Waals surface area contributed by atoms with E-state index < -0.39 is 42.9 Å². The molecule has 31 heavy (non-hydrogen) atoms. The van der Waals surface area contributed by atoms with Gasteiger partial charge in [0.2, 0.25) is 5.79 Å². The Bertz CT molecular complexity index is 903. The van der Waals surface area contributed by atoms with Crippen molar-refractivity contribution in [1.29, 1.82) is 0 Å². The van der Waals surface area contributed by atoms with Crippen LogP contribution in [-0.2, 0) is 23.6 Å². The van der Waals surface area contributed by atoms with E-state index >= 15 is 0 Å². The molecule has 1 saturated heterocycles. The van der Waals surface area contributed by atoms with Crippen molar-refractivity contribution in [3.05, 3.63) is 63.7 Å². The van der Waals surface area contributed by atoms with E-state index in [1.807, 2.05) is 0 Å². The largest absolute Gasteiger partial charge is 0.497 e. The summed E-state index contributed by atoms with van der Waals surface area (Å²) in [6.45, 7) is 0.931. The monoisotopic (exact) mass is 454 g/mol. The molecule has 0 amide bonds. The van der Waals surface area contributed by atoms with E-state index in [-0.39, 0.29) is 17.0 Å². The van der Waals surface area contributed by atoms with Crippen molar-refractivity contribution in [2.24, 2.45) is 0 Å². The zero-order chi connectivity index (χ0) is 22.9. The smallest absolute Gasteiger partial charge is 0.222 e. The summed E-state index contributed by atoms with van der Waals surface area (Å²) in [7, 11) is 1.55. The van der Waals surface area contributed by atoms with E-state index in [0.717, 1.165) is 5.56 Å². The molecule has 0 radical (unpaired) electrons. The normalized spacial score (nSPS) is 29.6. The predicted molar refractivity (Wildman–Crippen MR) is 112 cm³/mol. The average molecular weight is 455 g/mol. The number of hydrogen-bond acceptors (Lipinski definition) is 8. The summed E-state index contributed by atoms with van der Waals surface area (Å²) in [5, 5.41) is 62.4. The van der Waals surface area contributed by atoms with E-state index in [2.05, 4.69) is 0 Å². The fourth-order valence-corrected chi connectivity index (χ4v) is 4.11. The van der Waals surface area contributed by atoms with E-state index in [4.69, 9.17) is 21.1 Å². The minimum atomic E-state index is -2.50. The Morgan fingerprint density at radius 1 is 1.10 bits per heavy atom. The van der Waals surface area contributed by atoms with Gasteiger partial charge in [-0.3, -0.25) is 0 Å². The van der Waals surface area contributed by atoms with Crippen LogP contribution < -0.4 is 4.74 Å². The Hall–Kier alpha value is -1.75. The van der Waals surface area contributed by atoms with Crippen LogP contribution in [0.25, 0.3) is 0 Å². The highest BCUT2D eigenvalue weighted by atomic mass is 35.5. The number of halogens is 1. The fraction of sp³-hybridized carbons (Fsp3) is 0.455. The van der Waals surface area contributed by atoms with Gasteiger partial charge < -0.3 is 40.1 Å². The van der Waals surface area contributed by atoms with Gasteiger partial charge >= 0.3 is 0 Å². The number of aliphatic hydroxyl groups excluding tert-OH is 5. The van der Waals surface area contributed by atoms with E-state index in [0.29, 0.717) is 16.9 Å². The minimum absolute atomic E-state index is 0.0176. The molecule has 1 aliphatic rings. The first kappa shape index (κ1) is 23.9. The summed E-state index contributed by atoms with van der Waals surface area (Å²) in [6, 6.07) is 10.1. The molecule has 2 aromatic rings. The summed E-state index contributed by atoms with van der Waals surface area (Å²) in [5.41, 5.74) is 1.56. The molecule has 0 saturated carbocycles. The Morgan fingerprint density at radius 3 is 2.29 bits per heavy atom. The molecule has 6 atom stereocenters. The van der Waals surface area contributed by atoms with Crippen LogP contribution in [0, 0.1) is 0 Å². The zero-order valence-electron chi connectivity index (χ0n) is 17.1. The quantitative estimate of drug-likeness (QED) is 0.369. The summed E-state index contributed by atoms with van der Waals surface area (Å²) >= 11 is 6.47. The lowest BCUT2D eigenvalue weighted by molar-refractivity contribution is -0.364. The third-order valence-corrected chi connectivity index (χ3v) is 5.90. The predicted octanol–water partition coefficient (Wildman–Crippen LogP) is 0.439. The summed E-state index contributed by atoms with van der Waals surface area (Å²) < 4.78 is 10.7. The maximum atomic E-state index is 11.4. The van der Waals surface area contributed by atoms with Crippen LogP contribution in [0.5, 0.6) is 5.75 Å². The van der Waals surface area contributed by atoms with Crippen LogP contribution in [0.2, 0.25) is 5.02 Å². The van der Waals surface area contributed by atoms with Gasteiger partial charge in [-0.15, -0.1) is 0 Å². The Kier molecular flexibility index (Phi) is 7.25. The van der Waals surface area contributed by atoms with Gasteiger partial charge in [0.05, 0.1) is 19.8 Å². The SMILES string of the molecule is COc1ccc(Cc2c(Cl)cc(CO)cc2[C@@]2(O)O[C@H]([C@@H](C)O)[C@@H](O)[C@H](O)[C@H]2O)cc1. The van der Waals surface area contributed by atoms with Crippen molar-refractivity contribution < 1.29 is 40.1 Å². The van der Waals surface area contributed by atoms with Crippen LogP contribution in [0.4, 0.5) is 0 Å². The van der Waals surface area contributed by atoms with Crippen molar-refractivity contribution in [3.63, 3.8) is 0 Å². The summed E-state index contributed by atoms with van der Waals surface area (Å²) in [5.74, 6) is -1.84. The highest BCUT2D eigenvalue weighted by Gasteiger charge is 2.55. The number of benzene rings is 2. The van der Waals surface area contributed by atoms with Gasteiger partial charge in [0.1, 0.15) is 30.2 Å². The molecule has 0 bridgehead atoms. The van der Waals surface area contributed by atoms with Crippen LogP contribution in [0.15, 0.2) is 36.4 Å². The molecule has 0 spiro atoms. The molecule has 3 rings (SSSR count). The second kappa shape index (κ2) is 9.40. The molecule has 1 aliphatic heterocycles. The molecule has 2 aromatic carbocycles. The van der Waals surface area contributed by atoms with Crippen LogP contribution in [-0.4, -0.2) is 68.3 Å². The lowest BCUT2D eigenvalue weighted by Crippen LogP contribution is -2.65. The Labute approximate surface area is 184 Å². The molecule has 0 aliphatic carbocycles. The lowest BCUT2D eigenvalue weighted by atomic mass is 9.83. The van der Waals surface area contributed by atoms with E-state index in [9.17, 15) is 30.6 Å². The maximum Gasteiger partial charge on any atom is 0.222 e. The maximum absolute atomic E-state index is 11.4. The van der Waals surface area contributed by atoms with Gasteiger partial charge in [-0.05, 0) is 54.3 Å². The number of aliphatic hydroxyl groups is 6. The van der Waals surface area contributed by atoms with Crippen LogP contribution in [0.3, 0.4) is 0 Å². The Balaban J connectivity index is 2.12. The van der Waals surface area contributed by atoms with Crippen molar-refractivity contribution >= 4 is 11.6 Å². The first-order chi connectivity index (χ1) is 14.6. The number of rotatable bonds is 6. The highest BCUT2D eigenvalue weighted by Crippen LogP contribution is 2.41. The second-order valence-corrected chi connectivity index (χ2v) is 8.14. The molecule has 0 aromatic heterocycles. The minimum Gasteiger partial charge on any atom is -0.497 e. The van der Waals surface area contributed by atoms with Crippen molar-refractivity contribution in [2.75, 3.05) is 7.11 Å². The van der Waals surface area contributed by atoms with Crippen LogP contribution in [0.1, 0.15) is 29.2 Å². The topological polar surface area (TPSA) is 140 Å². The zero-order valence-corrected chi connectivity index (χ0v) is 17.9. The third-order valence-electron chi connectivity index (χ3n) is 5.57. The molecule has 6 N–H and O–H groups in total. The number of ether oxygens (including phenoxy) is 2. The first-order valence-corrected chi connectivity index (χ1v) is 10.2. The summed E-state index contributed by atoms with van der Waals surface area (Å²) in [6.07, 6.45) is -7.79. The van der Waals surface area contributed by atoms with Gasteiger partial charge in [0.25, 0.3) is 0 Å². The standard InChI is InChI=1S/C22H27ClO8/c1-11(25)20-18(26)19(27)21(28)22(29,31-20)16-8-13(10-24)9-17(23)15(16)7-12-3-5-14(30-2)6-4-12/h3-6,8-9,11,18-21,24-29H,7,10H2,1-2H3/t11-,18+,19+,20-,21-,22-/m1/s1. The van der Waals surface area contributed by atoms with E-state index in [1.54, 1.807) is 31.4 Å². The van der Waals surface area contributed by atoms with Gasteiger partial charge in [-0.1, -0.05) is 23.7 Å². The Morgan fingerprint density at radius 2 is 1.74 bits per heavy atom. The average Bonchev–Trinajstić information content (AvgIpc) is 2.76. The lowest BCUT2D eigenvalue weighted by Gasteiger charge is -2.47. The molecular formula is C22H27ClO8.